The summed E-state index contributed by atoms with van der Waals surface area (Å²) in [7, 11) is 1.08. The Morgan fingerprint density at radius 1 is 1.08 bits per heavy atom. The molecule has 0 aliphatic rings. The lowest BCUT2D eigenvalue weighted by Gasteiger charge is -2.21. The van der Waals surface area contributed by atoms with Gasteiger partial charge in [-0.25, -0.2) is 9.59 Å². The molecule has 1 heterocycles. The maximum atomic E-state index is 14.0. The second-order valence-corrected chi connectivity index (χ2v) is 8.13. The third-order valence-electron chi connectivity index (χ3n) is 6.08. The first-order valence-electron chi connectivity index (χ1n) is 11.3. The molecule has 2 N–H and O–H groups in total. The molecule has 0 radical (unpaired) electrons. The molecule has 0 fully saturated rings. The van der Waals surface area contributed by atoms with Crippen molar-refractivity contribution < 1.29 is 22.8 Å². The molecule has 1 aromatic heterocycles. The lowest BCUT2D eigenvalue weighted by Crippen LogP contribution is -2.38. The van der Waals surface area contributed by atoms with Gasteiger partial charge in [0.1, 0.15) is 0 Å². The SMILES string of the molecule is C=CCn1c(=O)n(-c2ccc(N(CC)CC)cc2)c2ccc(C(F)(F)F)c(CC(=O)N(C)C(N)=O)c21. The van der Waals surface area contributed by atoms with Gasteiger partial charge in [-0.1, -0.05) is 6.08 Å². The maximum absolute atomic E-state index is 14.0. The number of urea groups is 1. The number of benzene rings is 2. The maximum Gasteiger partial charge on any atom is 0.416 e. The molecule has 0 saturated heterocycles. The molecule has 192 valence electrons. The molecule has 3 rings (SSSR count). The number of imidazole rings is 1. The van der Waals surface area contributed by atoms with Gasteiger partial charge in [-0.2, -0.15) is 13.2 Å². The van der Waals surface area contributed by atoms with Crippen LogP contribution >= 0.6 is 0 Å². The number of alkyl halides is 3. The summed E-state index contributed by atoms with van der Waals surface area (Å²) < 4.78 is 44.4. The number of rotatable bonds is 8. The summed E-state index contributed by atoms with van der Waals surface area (Å²) in [4.78, 5) is 40.2. The monoisotopic (exact) mass is 503 g/mol. The minimum absolute atomic E-state index is 0.0613. The molecule has 0 unspecified atom stereocenters. The fourth-order valence-electron chi connectivity index (χ4n) is 4.21. The quantitative estimate of drug-likeness (QED) is 0.472. The van der Waals surface area contributed by atoms with Gasteiger partial charge in [0.2, 0.25) is 5.91 Å². The van der Waals surface area contributed by atoms with E-state index in [0.717, 1.165) is 36.5 Å². The Morgan fingerprint density at radius 3 is 2.19 bits per heavy atom. The van der Waals surface area contributed by atoms with Crippen molar-refractivity contribution in [1.29, 1.82) is 0 Å². The summed E-state index contributed by atoms with van der Waals surface area (Å²) in [6, 6.07) is 8.06. The Labute approximate surface area is 206 Å². The van der Waals surface area contributed by atoms with Crippen LogP contribution in [0.5, 0.6) is 0 Å². The van der Waals surface area contributed by atoms with Crippen molar-refractivity contribution in [2.24, 2.45) is 5.73 Å². The van der Waals surface area contributed by atoms with Gasteiger partial charge in [0.05, 0.1) is 28.7 Å². The number of nitrogens with zero attached hydrogens (tertiary/aromatic N) is 4. The molecule has 0 aliphatic heterocycles. The third-order valence-corrected chi connectivity index (χ3v) is 6.08. The van der Waals surface area contributed by atoms with Crippen molar-refractivity contribution in [3.8, 4) is 5.69 Å². The molecule has 0 bridgehead atoms. The highest BCUT2D eigenvalue weighted by Gasteiger charge is 2.36. The molecule has 2 aromatic carbocycles. The van der Waals surface area contributed by atoms with Gasteiger partial charge in [0.15, 0.2) is 0 Å². The number of nitrogens with two attached hydrogens (primary N) is 1. The average molecular weight is 504 g/mol. The topological polar surface area (TPSA) is 93.6 Å². The lowest BCUT2D eigenvalue weighted by atomic mass is 10.0. The van der Waals surface area contributed by atoms with Crippen LogP contribution in [0.1, 0.15) is 25.0 Å². The number of halogens is 3. The van der Waals surface area contributed by atoms with Gasteiger partial charge in [0, 0.05) is 32.4 Å². The predicted octanol–water partition coefficient (Wildman–Crippen LogP) is 3.92. The van der Waals surface area contributed by atoms with Gasteiger partial charge in [-0.15, -0.1) is 6.58 Å². The molecule has 0 spiro atoms. The van der Waals surface area contributed by atoms with Crippen molar-refractivity contribution in [1.82, 2.24) is 14.0 Å². The van der Waals surface area contributed by atoms with E-state index in [0.29, 0.717) is 10.6 Å². The van der Waals surface area contributed by atoms with E-state index in [1.807, 2.05) is 26.0 Å². The van der Waals surface area contributed by atoms with E-state index >= 15 is 0 Å². The van der Waals surface area contributed by atoms with Crippen LogP contribution in [0.3, 0.4) is 0 Å². The van der Waals surface area contributed by atoms with Crippen LogP contribution in [0.25, 0.3) is 16.7 Å². The highest BCUT2D eigenvalue weighted by atomic mass is 19.4. The van der Waals surface area contributed by atoms with Crippen molar-refractivity contribution in [2.45, 2.75) is 33.0 Å². The summed E-state index contributed by atoms with van der Waals surface area (Å²) in [6.07, 6.45) is -4.21. The number of primary amides is 1. The number of carbonyl (C=O) groups is 2. The number of anilines is 1. The van der Waals surface area contributed by atoms with E-state index < -0.39 is 41.4 Å². The molecule has 11 heteroatoms. The number of allylic oxidation sites excluding steroid dienone is 1. The van der Waals surface area contributed by atoms with Crippen molar-refractivity contribution >= 4 is 28.7 Å². The van der Waals surface area contributed by atoms with E-state index in [1.165, 1.54) is 16.7 Å². The van der Waals surface area contributed by atoms with Crippen LogP contribution in [0.15, 0.2) is 53.8 Å². The molecular weight excluding hydrogens is 475 g/mol. The zero-order valence-electron chi connectivity index (χ0n) is 20.3. The summed E-state index contributed by atoms with van der Waals surface area (Å²) >= 11 is 0. The van der Waals surface area contributed by atoms with E-state index in [1.54, 1.807) is 12.1 Å². The first-order chi connectivity index (χ1) is 17.0. The second-order valence-electron chi connectivity index (χ2n) is 8.13. The highest BCUT2D eigenvalue weighted by Crippen LogP contribution is 2.36. The molecule has 0 saturated carbocycles. The molecule has 3 amide bonds. The van der Waals surface area contributed by atoms with Crippen LogP contribution in [0.4, 0.5) is 23.7 Å². The second kappa shape index (κ2) is 10.3. The van der Waals surface area contributed by atoms with Crippen molar-refractivity contribution in [3.05, 3.63) is 70.7 Å². The van der Waals surface area contributed by atoms with E-state index in [4.69, 9.17) is 5.73 Å². The Morgan fingerprint density at radius 2 is 1.69 bits per heavy atom. The molecule has 3 aromatic rings. The van der Waals surface area contributed by atoms with Crippen LogP contribution in [0, 0.1) is 0 Å². The Bertz CT molecular complexity index is 1350. The predicted molar refractivity (Wildman–Crippen MR) is 132 cm³/mol. The number of carbonyl (C=O) groups excluding carboxylic acids is 2. The Balaban J connectivity index is 2.33. The third kappa shape index (κ3) is 4.86. The minimum Gasteiger partial charge on any atom is -0.372 e. The van der Waals surface area contributed by atoms with Gasteiger partial charge < -0.3 is 10.6 Å². The fourth-order valence-corrected chi connectivity index (χ4v) is 4.21. The molecule has 0 aliphatic carbocycles. The number of hydrogen-bond donors (Lipinski definition) is 1. The fraction of sp³-hybridized carbons (Fsp3) is 0.320. The van der Waals surface area contributed by atoms with E-state index in [2.05, 4.69) is 11.5 Å². The summed E-state index contributed by atoms with van der Waals surface area (Å²) in [5.74, 6) is -0.936. The van der Waals surface area contributed by atoms with Gasteiger partial charge in [-0.05, 0) is 55.8 Å². The number of amides is 3. The smallest absolute Gasteiger partial charge is 0.372 e. The average Bonchev–Trinajstić information content (AvgIpc) is 3.11. The number of aromatic nitrogens is 2. The first-order valence-corrected chi connectivity index (χ1v) is 11.3. The zero-order valence-corrected chi connectivity index (χ0v) is 20.3. The standard InChI is InChI=1S/C25H28F3N5O3/c1-5-14-32-22-18(15-21(34)30(4)23(29)35)19(25(26,27)28)12-13-20(22)33(24(32)36)17-10-8-16(9-11-17)31(6-2)7-3/h5,8-13H,1,6-7,14-15H2,2-4H3,(H2,29,35). The molecule has 36 heavy (non-hydrogen) atoms. The number of fused-ring (bicyclic) bond motifs is 1. The van der Waals surface area contributed by atoms with E-state index in [9.17, 15) is 27.6 Å². The van der Waals surface area contributed by atoms with Crippen LogP contribution < -0.4 is 16.3 Å². The van der Waals surface area contributed by atoms with Gasteiger partial charge >= 0.3 is 17.9 Å². The normalized spacial score (nSPS) is 11.5. The van der Waals surface area contributed by atoms with Crippen LogP contribution in [0.2, 0.25) is 0 Å². The summed E-state index contributed by atoms with van der Waals surface area (Å²) in [5, 5.41) is 0. The highest BCUT2D eigenvalue weighted by molar-refractivity contribution is 5.96. The molecular formula is C25H28F3N5O3. The van der Waals surface area contributed by atoms with Crippen molar-refractivity contribution in [3.63, 3.8) is 0 Å². The summed E-state index contributed by atoms with van der Waals surface area (Å²) in [6.45, 7) is 9.12. The van der Waals surface area contributed by atoms with Crippen LogP contribution in [-0.2, 0) is 23.9 Å². The molecule has 0 atom stereocenters. The van der Waals surface area contributed by atoms with Gasteiger partial charge in [0.25, 0.3) is 0 Å². The Hall–Kier alpha value is -4.02. The minimum atomic E-state index is -4.81. The van der Waals surface area contributed by atoms with Crippen LogP contribution in [-0.4, -0.2) is 46.1 Å². The Kier molecular flexibility index (Phi) is 7.61. The summed E-state index contributed by atoms with van der Waals surface area (Å²) in [5.41, 5.74) is 4.57. The van der Waals surface area contributed by atoms with Crippen molar-refractivity contribution in [2.75, 3.05) is 25.0 Å². The molecule has 8 nitrogen and oxygen atoms in total. The van der Waals surface area contributed by atoms with E-state index in [-0.39, 0.29) is 17.6 Å². The largest absolute Gasteiger partial charge is 0.416 e. The number of likely N-dealkylation sites (N-methyl/N-ethyl adjacent to an activating group) is 1. The first kappa shape index (κ1) is 26.6. The lowest BCUT2D eigenvalue weighted by molar-refractivity contribution is -0.138. The number of hydrogen-bond acceptors (Lipinski definition) is 4. The van der Waals surface area contributed by atoms with Gasteiger partial charge in [-0.3, -0.25) is 18.8 Å². The zero-order chi connectivity index (χ0) is 26.8. The number of imide groups is 1.